The third-order valence-corrected chi connectivity index (χ3v) is 2.45. The number of nitrogens with zero attached hydrogens (tertiary/aromatic N) is 1. The van der Waals surface area contributed by atoms with E-state index in [2.05, 4.69) is 4.98 Å². The molecule has 0 aliphatic carbocycles. The van der Waals surface area contributed by atoms with Crippen molar-refractivity contribution in [3.63, 3.8) is 0 Å². The van der Waals surface area contributed by atoms with Gasteiger partial charge in [-0.1, -0.05) is 12.1 Å². The zero-order valence-electron chi connectivity index (χ0n) is 9.43. The van der Waals surface area contributed by atoms with E-state index in [1.165, 1.54) is 0 Å². The quantitative estimate of drug-likeness (QED) is 0.882. The highest BCUT2D eigenvalue weighted by Gasteiger charge is 2.13. The number of aromatic carboxylic acids is 1. The average molecular weight is 233 g/mol. The predicted octanol–water partition coefficient (Wildman–Crippen LogP) is 2.78. The van der Waals surface area contributed by atoms with Crippen LogP contribution in [0.3, 0.4) is 0 Å². The summed E-state index contributed by atoms with van der Waals surface area (Å²) in [6.07, 6.45) is 0.971. The Hall–Kier alpha value is -2.30. The van der Waals surface area contributed by atoms with Crippen molar-refractivity contribution >= 4 is 5.97 Å². The molecule has 1 aromatic carbocycles. The first-order chi connectivity index (χ1) is 8.08. The van der Waals surface area contributed by atoms with Crippen LogP contribution in [0.25, 0.3) is 0 Å². The molecule has 0 saturated heterocycles. The van der Waals surface area contributed by atoms with E-state index in [4.69, 9.17) is 14.3 Å². The van der Waals surface area contributed by atoms with Gasteiger partial charge in [-0.2, -0.15) is 4.98 Å². The zero-order valence-corrected chi connectivity index (χ0v) is 9.43. The molecule has 0 spiro atoms. The summed E-state index contributed by atoms with van der Waals surface area (Å²) in [5, 5.41) is 8.68. The first-order valence-electron chi connectivity index (χ1n) is 5.01. The predicted molar refractivity (Wildman–Crippen MR) is 59.5 cm³/mol. The van der Waals surface area contributed by atoms with Crippen LogP contribution in [0.1, 0.15) is 21.6 Å². The summed E-state index contributed by atoms with van der Waals surface area (Å²) in [6, 6.07) is 5.58. The number of carbonyl (C=O) groups is 1. The summed E-state index contributed by atoms with van der Waals surface area (Å²) in [4.78, 5) is 14.3. The lowest BCUT2D eigenvalue weighted by Crippen LogP contribution is -1.96. The fourth-order valence-electron chi connectivity index (χ4n) is 1.33. The molecular formula is C12H11NO4. The Morgan fingerprint density at radius 3 is 2.82 bits per heavy atom. The van der Waals surface area contributed by atoms with E-state index < -0.39 is 5.97 Å². The second-order valence-electron chi connectivity index (χ2n) is 3.60. The topological polar surface area (TPSA) is 72.6 Å². The van der Waals surface area contributed by atoms with Gasteiger partial charge in [-0.05, 0) is 31.0 Å². The van der Waals surface area contributed by atoms with E-state index in [1.54, 1.807) is 6.07 Å². The molecule has 1 aromatic heterocycles. The van der Waals surface area contributed by atoms with Gasteiger partial charge in [-0.25, -0.2) is 4.79 Å². The summed E-state index contributed by atoms with van der Waals surface area (Å²) >= 11 is 0. The molecule has 1 heterocycles. The van der Waals surface area contributed by atoms with Gasteiger partial charge in [0.2, 0.25) is 0 Å². The molecule has 1 N–H and O–H groups in total. The van der Waals surface area contributed by atoms with E-state index in [0.29, 0.717) is 5.75 Å². The highest BCUT2D eigenvalue weighted by atomic mass is 16.6. The second kappa shape index (κ2) is 4.29. The molecule has 5 heteroatoms. The van der Waals surface area contributed by atoms with Gasteiger partial charge in [-0.3, -0.25) is 0 Å². The first-order valence-corrected chi connectivity index (χ1v) is 5.01. The Labute approximate surface area is 97.7 Å². The van der Waals surface area contributed by atoms with Gasteiger partial charge >= 0.3 is 12.0 Å². The zero-order chi connectivity index (χ0) is 12.4. The molecule has 0 bridgehead atoms. The van der Waals surface area contributed by atoms with Gasteiger partial charge in [0.05, 0.1) is 0 Å². The van der Waals surface area contributed by atoms with Gasteiger partial charge in [0.1, 0.15) is 12.0 Å². The fraction of sp³-hybridized carbons (Fsp3) is 0.167. The Morgan fingerprint density at radius 2 is 2.18 bits per heavy atom. The number of carboxylic acid groups (broad SMARTS) is 1. The minimum absolute atomic E-state index is 0.0731. The number of benzene rings is 1. The molecule has 88 valence electrons. The maximum Gasteiger partial charge on any atom is 0.399 e. The van der Waals surface area contributed by atoms with Crippen LogP contribution in [0.15, 0.2) is 28.9 Å². The van der Waals surface area contributed by atoms with Crippen molar-refractivity contribution in [2.45, 2.75) is 13.8 Å². The van der Waals surface area contributed by atoms with E-state index >= 15 is 0 Å². The van der Waals surface area contributed by atoms with Crippen molar-refractivity contribution in [3.05, 3.63) is 41.3 Å². The van der Waals surface area contributed by atoms with E-state index in [9.17, 15) is 4.79 Å². The highest BCUT2D eigenvalue weighted by molar-refractivity contribution is 5.84. The smallest absolute Gasteiger partial charge is 0.399 e. The molecule has 17 heavy (non-hydrogen) atoms. The lowest BCUT2D eigenvalue weighted by atomic mass is 10.1. The van der Waals surface area contributed by atoms with Crippen LogP contribution >= 0.6 is 0 Å². The largest absolute Gasteiger partial charge is 0.476 e. The van der Waals surface area contributed by atoms with Gasteiger partial charge in [0.15, 0.2) is 5.69 Å². The van der Waals surface area contributed by atoms with E-state index in [1.807, 2.05) is 26.0 Å². The molecule has 0 radical (unpaired) electrons. The second-order valence-corrected chi connectivity index (χ2v) is 3.60. The number of hydrogen-bond donors (Lipinski definition) is 1. The van der Waals surface area contributed by atoms with Crippen LogP contribution < -0.4 is 4.74 Å². The summed E-state index contributed by atoms with van der Waals surface area (Å²) in [6.45, 7) is 3.87. The van der Waals surface area contributed by atoms with Gasteiger partial charge in [0.25, 0.3) is 0 Å². The Morgan fingerprint density at radius 1 is 1.41 bits per heavy atom. The molecular weight excluding hydrogens is 222 g/mol. The van der Waals surface area contributed by atoms with Crippen molar-refractivity contribution in [2.75, 3.05) is 0 Å². The normalized spacial score (nSPS) is 10.2. The van der Waals surface area contributed by atoms with Gasteiger partial charge in [-0.15, -0.1) is 0 Å². The molecule has 2 rings (SSSR count). The molecule has 0 aliphatic heterocycles. The first kappa shape index (κ1) is 11.2. The lowest BCUT2D eigenvalue weighted by Gasteiger charge is -2.06. The molecule has 0 atom stereocenters. The molecule has 0 aliphatic rings. The minimum atomic E-state index is -1.15. The number of aryl methyl sites for hydroxylation is 1. The number of rotatable bonds is 3. The van der Waals surface area contributed by atoms with E-state index in [0.717, 1.165) is 17.4 Å². The summed E-state index contributed by atoms with van der Waals surface area (Å²) in [7, 11) is 0. The van der Waals surface area contributed by atoms with Crippen molar-refractivity contribution < 1.29 is 19.1 Å². The van der Waals surface area contributed by atoms with Crippen LogP contribution in [0.5, 0.6) is 11.8 Å². The average Bonchev–Trinajstić information content (AvgIpc) is 2.73. The van der Waals surface area contributed by atoms with Crippen molar-refractivity contribution in [1.29, 1.82) is 0 Å². The number of oxazole rings is 1. The molecule has 0 amide bonds. The van der Waals surface area contributed by atoms with Crippen LogP contribution in [0.2, 0.25) is 0 Å². The SMILES string of the molecule is Cc1cccc(Oc2nc(C(=O)O)co2)c1C. The Kier molecular flexibility index (Phi) is 2.82. The molecule has 0 saturated carbocycles. The van der Waals surface area contributed by atoms with Crippen LogP contribution in [-0.4, -0.2) is 16.1 Å². The van der Waals surface area contributed by atoms with Crippen LogP contribution in [0, 0.1) is 13.8 Å². The maximum atomic E-state index is 10.6. The van der Waals surface area contributed by atoms with Crippen molar-refractivity contribution in [3.8, 4) is 11.8 Å². The lowest BCUT2D eigenvalue weighted by molar-refractivity contribution is 0.0690. The molecule has 5 nitrogen and oxygen atoms in total. The maximum absolute atomic E-state index is 10.6. The van der Waals surface area contributed by atoms with Gasteiger partial charge < -0.3 is 14.3 Å². The van der Waals surface area contributed by atoms with E-state index in [-0.39, 0.29) is 11.8 Å². The fourth-order valence-corrected chi connectivity index (χ4v) is 1.33. The van der Waals surface area contributed by atoms with Gasteiger partial charge in [0, 0.05) is 0 Å². The standard InChI is InChI=1S/C12H11NO4/c1-7-4-3-5-10(8(7)2)17-12-13-9(6-16-12)11(14)15/h3-6H,1-2H3,(H,14,15). The Balaban J connectivity index is 2.25. The third kappa shape index (κ3) is 2.28. The molecule has 2 aromatic rings. The third-order valence-electron chi connectivity index (χ3n) is 2.45. The number of carboxylic acids is 1. The minimum Gasteiger partial charge on any atom is -0.476 e. The highest BCUT2D eigenvalue weighted by Crippen LogP contribution is 2.26. The summed E-state index contributed by atoms with van der Waals surface area (Å²) in [5.41, 5.74) is 1.86. The Bertz CT molecular complexity index is 559. The van der Waals surface area contributed by atoms with Crippen molar-refractivity contribution in [1.82, 2.24) is 4.98 Å². The van der Waals surface area contributed by atoms with Crippen LogP contribution in [-0.2, 0) is 0 Å². The number of ether oxygens (including phenoxy) is 1. The monoisotopic (exact) mass is 233 g/mol. The number of hydrogen-bond acceptors (Lipinski definition) is 4. The number of aromatic nitrogens is 1. The molecule has 0 unspecified atom stereocenters. The summed E-state index contributed by atoms with van der Waals surface area (Å²) < 4.78 is 10.3. The van der Waals surface area contributed by atoms with Crippen molar-refractivity contribution in [2.24, 2.45) is 0 Å². The van der Waals surface area contributed by atoms with Crippen LogP contribution in [0.4, 0.5) is 0 Å². The molecule has 0 fully saturated rings. The summed E-state index contributed by atoms with van der Waals surface area (Å²) in [5.74, 6) is -0.548.